The lowest BCUT2D eigenvalue weighted by Crippen LogP contribution is -2.22. The lowest BCUT2D eigenvalue weighted by Gasteiger charge is -2.10. The largest absolute Gasteiger partial charge is 0.479 e. The molecule has 0 saturated carbocycles. The van der Waals surface area contributed by atoms with Crippen LogP contribution in [0.25, 0.3) is 0 Å². The minimum Gasteiger partial charge on any atom is -0.479 e. The molecule has 0 amide bonds. The first kappa shape index (κ1) is 12.6. The van der Waals surface area contributed by atoms with Gasteiger partial charge in [0.15, 0.2) is 6.10 Å². The molecule has 88 valence electrons. The van der Waals surface area contributed by atoms with Crippen molar-refractivity contribution in [2.24, 2.45) is 0 Å². The van der Waals surface area contributed by atoms with Crippen molar-refractivity contribution in [3.8, 4) is 5.75 Å². The minimum absolute atomic E-state index is 0.607. The molecule has 0 aromatic heterocycles. The highest BCUT2D eigenvalue weighted by Gasteiger charge is 2.11. The summed E-state index contributed by atoms with van der Waals surface area (Å²) >= 11 is 0. The molecule has 0 aliphatic heterocycles. The first-order valence-electron chi connectivity index (χ1n) is 5.62. The Labute approximate surface area is 96.1 Å². The van der Waals surface area contributed by atoms with Crippen molar-refractivity contribution in [3.63, 3.8) is 0 Å². The van der Waals surface area contributed by atoms with Gasteiger partial charge >= 0.3 is 5.97 Å². The van der Waals surface area contributed by atoms with E-state index in [1.165, 1.54) is 25.3 Å². The predicted molar refractivity (Wildman–Crippen MR) is 62.8 cm³/mol. The third kappa shape index (κ3) is 3.93. The van der Waals surface area contributed by atoms with Crippen molar-refractivity contribution < 1.29 is 14.6 Å². The van der Waals surface area contributed by atoms with Crippen molar-refractivity contribution in [1.29, 1.82) is 0 Å². The van der Waals surface area contributed by atoms with Gasteiger partial charge in [0, 0.05) is 0 Å². The van der Waals surface area contributed by atoms with Crippen molar-refractivity contribution >= 4 is 5.97 Å². The van der Waals surface area contributed by atoms with Crippen LogP contribution in [0.5, 0.6) is 5.75 Å². The number of carboxylic acid groups (broad SMARTS) is 1. The van der Waals surface area contributed by atoms with Gasteiger partial charge in [0.25, 0.3) is 0 Å². The number of benzene rings is 1. The van der Waals surface area contributed by atoms with E-state index < -0.39 is 12.1 Å². The fraction of sp³-hybridized carbons (Fsp3) is 0.462. The molecule has 3 nitrogen and oxygen atoms in total. The van der Waals surface area contributed by atoms with Crippen LogP contribution in [0.2, 0.25) is 0 Å². The van der Waals surface area contributed by atoms with Crippen LogP contribution < -0.4 is 4.74 Å². The Balaban J connectivity index is 2.54. The molecule has 0 saturated heterocycles. The van der Waals surface area contributed by atoms with Crippen LogP contribution in [0.3, 0.4) is 0 Å². The molecule has 0 fully saturated rings. The van der Waals surface area contributed by atoms with Gasteiger partial charge in [0.1, 0.15) is 5.75 Å². The molecule has 1 N–H and O–H groups in total. The maximum absolute atomic E-state index is 10.6. The molecular formula is C13H18O3. The van der Waals surface area contributed by atoms with Gasteiger partial charge in [-0.2, -0.15) is 0 Å². The highest BCUT2D eigenvalue weighted by Crippen LogP contribution is 2.15. The molecule has 0 spiro atoms. The maximum Gasteiger partial charge on any atom is 0.344 e. The molecule has 0 aliphatic carbocycles. The van der Waals surface area contributed by atoms with Crippen molar-refractivity contribution in [2.75, 3.05) is 0 Å². The summed E-state index contributed by atoms with van der Waals surface area (Å²) in [6.45, 7) is 3.68. The van der Waals surface area contributed by atoms with Crippen LogP contribution in [0, 0.1) is 0 Å². The average Bonchev–Trinajstić information content (AvgIpc) is 2.28. The Bertz CT molecular complexity index is 330. The molecule has 3 heteroatoms. The molecular weight excluding hydrogens is 204 g/mol. The summed E-state index contributed by atoms with van der Waals surface area (Å²) in [6.07, 6.45) is 2.60. The first-order chi connectivity index (χ1) is 7.63. The van der Waals surface area contributed by atoms with Gasteiger partial charge in [0.2, 0.25) is 0 Å². The topological polar surface area (TPSA) is 46.5 Å². The molecule has 16 heavy (non-hydrogen) atoms. The number of hydrogen-bond donors (Lipinski definition) is 1. The fourth-order valence-corrected chi connectivity index (χ4v) is 1.37. The van der Waals surface area contributed by atoms with Gasteiger partial charge < -0.3 is 9.84 Å². The normalized spacial score (nSPS) is 12.1. The zero-order valence-electron chi connectivity index (χ0n) is 9.77. The summed E-state index contributed by atoms with van der Waals surface area (Å²) in [7, 11) is 0. The molecule has 1 rings (SSSR count). The van der Waals surface area contributed by atoms with Crippen molar-refractivity contribution in [3.05, 3.63) is 29.8 Å². The van der Waals surface area contributed by atoms with E-state index in [4.69, 9.17) is 9.84 Å². The molecule has 1 aromatic rings. The summed E-state index contributed by atoms with van der Waals surface area (Å²) < 4.78 is 5.24. The average molecular weight is 222 g/mol. The Kier molecular flexibility index (Phi) is 4.83. The minimum atomic E-state index is -0.949. The van der Waals surface area contributed by atoms with E-state index in [0.29, 0.717) is 5.75 Å². The third-order valence-electron chi connectivity index (χ3n) is 2.40. The van der Waals surface area contributed by atoms with Gasteiger partial charge in [-0.15, -0.1) is 0 Å². The summed E-state index contributed by atoms with van der Waals surface area (Å²) in [5.41, 5.74) is 1.26. The Morgan fingerprint density at radius 3 is 2.50 bits per heavy atom. The SMILES string of the molecule is CCCCc1ccc(OC(C)C(=O)O)cc1. The highest BCUT2D eigenvalue weighted by molar-refractivity contribution is 5.72. The highest BCUT2D eigenvalue weighted by atomic mass is 16.5. The van der Waals surface area contributed by atoms with Crippen LogP contribution in [-0.4, -0.2) is 17.2 Å². The van der Waals surface area contributed by atoms with E-state index in [1.807, 2.05) is 24.3 Å². The van der Waals surface area contributed by atoms with Crippen LogP contribution >= 0.6 is 0 Å². The van der Waals surface area contributed by atoms with Crippen LogP contribution in [0.4, 0.5) is 0 Å². The van der Waals surface area contributed by atoms with Crippen LogP contribution in [0.15, 0.2) is 24.3 Å². The van der Waals surface area contributed by atoms with Crippen LogP contribution in [0.1, 0.15) is 32.3 Å². The van der Waals surface area contributed by atoms with E-state index >= 15 is 0 Å². The van der Waals surface area contributed by atoms with Gasteiger partial charge in [-0.1, -0.05) is 25.5 Å². The lowest BCUT2D eigenvalue weighted by molar-refractivity contribution is -0.144. The number of ether oxygens (including phenoxy) is 1. The third-order valence-corrected chi connectivity index (χ3v) is 2.40. The molecule has 1 aromatic carbocycles. The lowest BCUT2D eigenvalue weighted by atomic mass is 10.1. The molecule has 0 radical (unpaired) electrons. The fourth-order valence-electron chi connectivity index (χ4n) is 1.37. The quantitative estimate of drug-likeness (QED) is 0.805. The van der Waals surface area contributed by atoms with Gasteiger partial charge in [-0.05, 0) is 37.5 Å². The zero-order chi connectivity index (χ0) is 12.0. The number of carbonyl (C=O) groups is 1. The molecule has 0 aliphatic rings. The molecule has 0 bridgehead atoms. The first-order valence-corrected chi connectivity index (χ1v) is 5.62. The number of aliphatic carboxylic acids is 1. The van der Waals surface area contributed by atoms with Crippen LogP contribution in [-0.2, 0) is 11.2 Å². The standard InChI is InChI=1S/C13H18O3/c1-3-4-5-11-6-8-12(9-7-11)16-10(2)13(14)15/h6-10H,3-5H2,1-2H3,(H,14,15). The Morgan fingerprint density at radius 2 is 2.00 bits per heavy atom. The second kappa shape index (κ2) is 6.16. The number of unbranched alkanes of at least 4 members (excludes halogenated alkanes) is 1. The van der Waals surface area contributed by atoms with E-state index in [-0.39, 0.29) is 0 Å². The van der Waals surface area contributed by atoms with Gasteiger partial charge in [-0.3, -0.25) is 0 Å². The van der Waals surface area contributed by atoms with Gasteiger partial charge in [-0.25, -0.2) is 4.79 Å². The molecule has 0 heterocycles. The number of carboxylic acids is 1. The number of aryl methyl sites for hydroxylation is 1. The second-order valence-corrected chi connectivity index (χ2v) is 3.85. The Hall–Kier alpha value is -1.51. The number of rotatable bonds is 6. The maximum atomic E-state index is 10.6. The smallest absolute Gasteiger partial charge is 0.344 e. The summed E-state index contributed by atoms with van der Waals surface area (Å²) in [5, 5.41) is 8.69. The monoisotopic (exact) mass is 222 g/mol. The zero-order valence-corrected chi connectivity index (χ0v) is 9.77. The predicted octanol–water partition coefficient (Wildman–Crippen LogP) is 2.88. The summed E-state index contributed by atoms with van der Waals surface area (Å²) in [4.78, 5) is 10.6. The molecule has 1 unspecified atom stereocenters. The Morgan fingerprint density at radius 1 is 1.38 bits per heavy atom. The van der Waals surface area contributed by atoms with E-state index in [2.05, 4.69) is 6.92 Å². The second-order valence-electron chi connectivity index (χ2n) is 3.85. The summed E-state index contributed by atoms with van der Waals surface area (Å²) in [6, 6.07) is 7.62. The van der Waals surface area contributed by atoms with Crippen molar-refractivity contribution in [2.45, 2.75) is 39.2 Å². The van der Waals surface area contributed by atoms with Crippen molar-refractivity contribution in [1.82, 2.24) is 0 Å². The van der Waals surface area contributed by atoms with E-state index in [9.17, 15) is 4.79 Å². The summed E-state index contributed by atoms with van der Waals surface area (Å²) in [5.74, 6) is -0.342. The van der Waals surface area contributed by atoms with E-state index in [0.717, 1.165) is 6.42 Å². The van der Waals surface area contributed by atoms with Gasteiger partial charge in [0.05, 0.1) is 0 Å². The number of hydrogen-bond acceptors (Lipinski definition) is 2. The molecule has 1 atom stereocenters. The van der Waals surface area contributed by atoms with E-state index in [1.54, 1.807) is 0 Å².